The van der Waals surface area contributed by atoms with Gasteiger partial charge in [-0.05, 0) is 35.1 Å². The van der Waals surface area contributed by atoms with Gasteiger partial charge < -0.3 is 14.3 Å². The van der Waals surface area contributed by atoms with Crippen LogP contribution in [0.5, 0.6) is 5.75 Å². The van der Waals surface area contributed by atoms with E-state index in [0.717, 1.165) is 11.3 Å². The highest BCUT2D eigenvalue weighted by Crippen LogP contribution is 2.28. The zero-order chi connectivity index (χ0) is 22.0. The Balaban J connectivity index is 1.93. The summed E-state index contributed by atoms with van der Waals surface area (Å²) in [6.07, 6.45) is 0.841. The van der Waals surface area contributed by atoms with Crippen LogP contribution in [-0.2, 0) is 24.6 Å². The molecule has 1 atom stereocenters. The second kappa shape index (κ2) is 11.4. The van der Waals surface area contributed by atoms with Gasteiger partial charge in [0.15, 0.2) is 0 Å². The van der Waals surface area contributed by atoms with Gasteiger partial charge in [0.25, 0.3) is 0 Å². The Kier molecular flexibility index (Phi) is 8.87. The van der Waals surface area contributed by atoms with Crippen LogP contribution in [0.15, 0.2) is 54.6 Å². The summed E-state index contributed by atoms with van der Waals surface area (Å²) in [6, 6.07) is 17.9. The third-order valence-electron chi connectivity index (χ3n) is 4.71. The average Bonchev–Trinajstić information content (AvgIpc) is 2.73. The molecule has 1 unspecified atom stereocenters. The number of benzene rings is 2. The van der Waals surface area contributed by atoms with Crippen molar-refractivity contribution in [3.63, 3.8) is 0 Å². The number of carbonyl (C=O) groups is 2. The molecule has 0 amide bonds. The van der Waals surface area contributed by atoms with Crippen LogP contribution in [0.4, 0.5) is 0 Å². The molecule has 0 aliphatic heterocycles. The number of nitrogens with two attached hydrogens (primary N) is 1. The van der Waals surface area contributed by atoms with Gasteiger partial charge in [-0.3, -0.25) is 9.59 Å². The van der Waals surface area contributed by atoms with Crippen LogP contribution in [0.3, 0.4) is 0 Å². The lowest BCUT2D eigenvalue weighted by Crippen LogP contribution is -2.15. The molecule has 0 saturated heterocycles. The van der Waals surface area contributed by atoms with E-state index >= 15 is 0 Å². The predicted octanol–water partition coefficient (Wildman–Crippen LogP) is 4.62. The first-order chi connectivity index (χ1) is 14.3. The normalized spacial score (nSPS) is 12.1. The van der Waals surface area contributed by atoms with Gasteiger partial charge >= 0.3 is 11.9 Å². The topological polar surface area (TPSA) is 87.8 Å². The van der Waals surface area contributed by atoms with Crippen LogP contribution in [0.25, 0.3) is 0 Å². The third kappa shape index (κ3) is 7.87. The largest absolute Gasteiger partial charge is 0.486 e. The van der Waals surface area contributed by atoms with Gasteiger partial charge in [0.1, 0.15) is 11.9 Å². The van der Waals surface area contributed by atoms with Crippen LogP contribution in [0.2, 0.25) is 0 Å². The summed E-state index contributed by atoms with van der Waals surface area (Å²) >= 11 is 0. The summed E-state index contributed by atoms with van der Waals surface area (Å²) in [5, 5.41) is 0. The first kappa shape index (κ1) is 23.4. The van der Waals surface area contributed by atoms with Gasteiger partial charge in [-0.15, -0.1) is 0 Å². The summed E-state index contributed by atoms with van der Waals surface area (Å²) < 4.78 is 11.5. The SMILES string of the molecule is CC(C)(C)c1ccc(OC(CCOC(=O)CCCC(=O)ON)c2ccccc2)cc1. The lowest BCUT2D eigenvalue weighted by atomic mass is 9.87. The number of hydrogen-bond acceptors (Lipinski definition) is 6. The molecule has 6 nitrogen and oxygen atoms in total. The quantitative estimate of drug-likeness (QED) is 0.451. The molecule has 0 saturated carbocycles. The van der Waals surface area contributed by atoms with E-state index in [0.29, 0.717) is 12.8 Å². The van der Waals surface area contributed by atoms with Crippen LogP contribution < -0.4 is 10.6 Å². The van der Waals surface area contributed by atoms with Gasteiger partial charge in [-0.2, -0.15) is 5.90 Å². The summed E-state index contributed by atoms with van der Waals surface area (Å²) in [6.45, 7) is 6.73. The number of esters is 1. The molecule has 0 aliphatic carbocycles. The van der Waals surface area contributed by atoms with Gasteiger partial charge in [0, 0.05) is 19.3 Å². The molecule has 2 N–H and O–H groups in total. The Morgan fingerprint density at radius 1 is 0.933 bits per heavy atom. The Morgan fingerprint density at radius 3 is 2.17 bits per heavy atom. The third-order valence-corrected chi connectivity index (χ3v) is 4.71. The summed E-state index contributed by atoms with van der Waals surface area (Å²) in [5.74, 6) is 4.63. The van der Waals surface area contributed by atoms with Crippen molar-refractivity contribution in [1.82, 2.24) is 0 Å². The Morgan fingerprint density at radius 2 is 1.57 bits per heavy atom. The molecule has 0 heterocycles. The minimum absolute atomic E-state index is 0.0758. The Hall–Kier alpha value is -2.86. The molecule has 162 valence electrons. The van der Waals surface area contributed by atoms with E-state index in [1.807, 2.05) is 42.5 Å². The minimum atomic E-state index is -0.544. The van der Waals surface area contributed by atoms with Crippen LogP contribution in [0, 0.1) is 0 Å². The second-order valence-corrected chi connectivity index (χ2v) is 8.14. The summed E-state index contributed by atoms with van der Waals surface area (Å²) in [5.41, 5.74) is 2.32. The van der Waals surface area contributed by atoms with E-state index in [1.165, 1.54) is 5.56 Å². The second-order valence-electron chi connectivity index (χ2n) is 8.14. The van der Waals surface area contributed by atoms with Crippen molar-refractivity contribution in [2.24, 2.45) is 5.90 Å². The molecule has 0 bridgehead atoms. The van der Waals surface area contributed by atoms with Crippen molar-refractivity contribution < 1.29 is 23.9 Å². The van der Waals surface area contributed by atoms with Gasteiger partial charge in [-0.1, -0.05) is 63.2 Å². The number of ether oxygens (including phenoxy) is 2. The molecule has 30 heavy (non-hydrogen) atoms. The highest BCUT2D eigenvalue weighted by atomic mass is 16.7. The fourth-order valence-electron chi connectivity index (χ4n) is 2.95. The van der Waals surface area contributed by atoms with Crippen molar-refractivity contribution in [2.45, 2.75) is 58.0 Å². The van der Waals surface area contributed by atoms with E-state index in [-0.39, 0.29) is 36.9 Å². The molecule has 0 radical (unpaired) electrons. The summed E-state index contributed by atoms with van der Waals surface area (Å²) in [7, 11) is 0. The molecule has 2 aromatic rings. The van der Waals surface area contributed by atoms with E-state index in [9.17, 15) is 9.59 Å². The number of rotatable bonds is 10. The zero-order valence-electron chi connectivity index (χ0n) is 17.9. The molecule has 0 spiro atoms. The molecule has 2 aromatic carbocycles. The predicted molar refractivity (Wildman–Crippen MR) is 115 cm³/mol. The van der Waals surface area contributed by atoms with E-state index in [1.54, 1.807) is 0 Å². The monoisotopic (exact) mass is 413 g/mol. The maximum Gasteiger partial charge on any atom is 0.324 e. The van der Waals surface area contributed by atoms with E-state index in [4.69, 9.17) is 15.4 Å². The maximum absolute atomic E-state index is 11.9. The van der Waals surface area contributed by atoms with Gasteiger partial charge in [0.2, 0.25) is 0 Å². The first-order valence-electron chi connectivity index (χ1n) is 10.2. The highest BCUT2D eigenvalue weighted by molar-refractivity contribution is 5.72. The maximum atomic E-state index is 11.9. The van der Waals surface area contributed by atoms with Gasteiger partial charge in [0.05, 0.1) is 6.61 Å². The van der Waals surface area contributed by atoms with Crippen molar-refractivity contribution in [2.75, 3.05) is 6.61 Å². The van der Waals surface area contributed by atoms with Crippen LogP contribution >= 0.6 is 0 Å². The molecule has 0 aromatic heterocycles. The zero-order valence-corrected chi connectivity index (χ0v) is 17.9. The van der Waals surface area contributed by atoms with Crippen molar-refractivity contribution in [3.05, 3.63) is 65.7 Å². The highest BCUT2D eigenvalue weighted by Gasteiger charge is 2.17. The van der Waals surface area contributed by atoms with Crippen molar-refractivity contribution >= 4 is 11.9 Å². The molecule has 0 aliphatic rings. The summed E-state index contributed by atoms with van der Waals surface area (Å²) in [4.78, 5) is 26.9. The van der Waals surface area contributed by atoms with Crippen molar-refractivity contribution in [1.29, 1.82) is 0 Å². The molecular weight excluding hydrogens is 382 g/mol. The fraction of sp³-hybridized carbons (Fsp3) is 0.417. The smallest absolute Gasteiger partial charge is 0.324 e. The number of hydrogen-bond donors (Lipinski definition) is 1. The van der Waals surface area contributed by atoms with E-state index < -0.39 is 5.97 Å². The molecular formula is C24H31NO5. The lowest BCUT2D eigenvalue weighted by molar-refractivity contribution is -0.146. The average molecular weight is 414 g/mol. The van der Waals surface area contributed by atoms with Crippen molar-refractivity contribution in [3.8, 4) is 5.75 Å². The standard InChI is InChI=1S/C24H31NO5/c1-24(2,3)19-12-14-20(15-13-19)29-21(18-8-5-4-6-9-18)16-17-28-22(26)10-7-11-23(27)30-25/h4-6,8-9,12-15,21H,7,10-11,16-17,25H2,1-3H3. The lowest BCUT2D eigenvalue weighted by Gasteiger charge is -2.22. The van der Waals surface area contributed by atoms with E-state index in [2.05, 4.69) is 37.7 Å². The molecule has 0 fully saturated rings. The van der Waals surface area contributed by atoms with Crippen LogP contribution in [-0.4, -0.2) is 18.5 Å². The first-order valence-corrected chi connectivity index (χ1v) is 10.2. The number of carbonyl (C=O) groups excluding carboxylic acids is 2. The molecule has 6 heteroatoms. The fourth-order valence-corrected chi connectivity index (χ4v) is 2.95. The Bertz CT molecular complexity index is 797. The van der Waals surface area contributed by atoms with Gasteiger partial charge in [-0.25, -0.2) is 0 Å². The Labute approximate surface area is 178 Å². The minimum Gasteiger partial charge on any atom is -0.486 e. The molecule has 2 rings (SSSR count). The van der Waals surface area contributed by atoms with Crippen LogP contribution in [0.1, 0.15) is 63.7 Å².